The number of rotatable bonds is 0. The molecule has 0 atom stereocenters. The van der Waals surface area contributed by atoms with E-state index in [4.69, 9.17) is 5.11 Å². The van der Waals surface area contributed by atoms with Gasteiger partial charge in [-0.15, -0.1) is 0 Å². The molecule has 1 N–H and O–H groups in total. The Labute approximate surface area is 82.2 Å². The van der Waals surface area contributed by atoms with Crippen LogP contribution in [0.4, 0.5) is 4.79 Å². The summed E-state index contributed by atoms with van der Waals surface area (Å²) in [6, 6.07) is 2.04. The van der Waals surface area contributed by atoms with Crippen molar-refractivity contribution in [2.75, 3.05) is 6.54 Å². The Morgan fingerprint density at radius 2 is 2.36 bits per heavy atom. The molecule has 4 nitrogen and oxygen atoms in total. The van der Waals surface area contributed by atoms with Crippen molar-refractivity contribution in [2.45, 2.75) is 19.9 Å². The van der Waals surface area contributed by atoms with Crippen LogP contribution in [0.3, 0.4) is 0 Å². The lowest BCUT2D eigenvalue weighted by Crippen LogP contribution is -2.34. The van der Waals surface area contributed by atoms with Crippen molar-refractivity contribution in [1.29, 1.82) is 0 Å². The number of aromatic nitrogens is 1. The topological polar surface area (TPSA) is 53.4 Å². The second kappa shape index (κ2) is 3.29. The molecule has 0 saturated heterocycles. The number of aryl methyl sites for hydroxylation is 1. The molecule has 2 heterocycles. The number of carbonyl (C=O) groups is 1. The van der Waals surface area contributed by atoms with E-state index in [0.29, 0.717) is 13.1 Å². The molecule has 0 fully saturated rings. The molecule has 1 amide bonds. The zero-order chi connectivity index (χ0) is 10.1. The zero-order valence-corrected chi connectivity index (χ0v) is 8.03. The Kier molecular flexibility index (Phi) is 2.11. The van der Waals surface area contributed by atoms with E-state index >= 15 is 0 Å². The molecule has 4 heteroatoms. The number of carboxylic acid groups (broad SMARTS) is 1. The van der Waals surface area contributed by atoms with E-state index in [9.17, 15) is 4.79 Å². The summed E-state index contributed by atoms with van der Waals surface area (Å²) in [5.74, 6) is 0. The third kappa shape index (κ3) is 1.55. The summed E-state index contributed by atoms with van der Waals surface area (Å²) >= 11 is 0. The van der Waals surface area contributed by atoms with Gasteiger partial charge in [0.25, 0.3) is 0 Å². The molecule has 0 radical (unpaired) electrons. The second-order valence-corrected chi connectivity index (χ2v) is 3.55. The summed E-state index contributed by atoms with van der Waals surface area (Å²) in [4.78, 5) is 16.3. The molecule has 0 bridgehead atoms. The van der Waals surface area contributed by atoms with Crippen molar-refractivity contribution >= 4 is 6.09 Å². The summed E-state index contributed by atoms with van der Waals surface area (Å²) in [6.45, 7) is 3.01. The van der Waals surface area contributed by atoms with E-state index < -0.39 is 6.09 Å². The predicted octanol–water partition coefficient (Wildman–Crippen LogP) is 1.43. The van der Waals surface area contributed by atoms with E-state index in [2.05, 4.69) is 4.98 Å². The summed E-state index contributed by atoms with van der Waals surface area (Å²) in [7, 11) is 0. The third-order valence-corrected chi connectivity index (χ3v) is 2.50. The Balaban J connectivity index is 2.27. The fraction of sp³-hybridized carbons (Fsp3) is 0.400. The lowest BCUT2D eigenvalue weighted by Gasteiger charge is -2.26. The van der Waals surface area contributed by atoms with Gasteiger partial charge in [0, 0.05) is 18.4 Å². The van der Waals surface area contributed by atoms with Crippen molar-refractivity contribution in [3.8, 4) is 0 Å². The van der Waals surface area contributed by atoms with Crippen LogP contribution in [0.25, 0.3) is 0 Å². The summed E-state index contributed by atoms with van der Waals surface area (Å²) < 4.78 is 0. The van der Waals surface area contributed by atoms with E-state index in [1.165, 1.54) is 10.5 Å². The number of fused-ring (bicyclic) bond motifs is 1. The highest BCUT2D eigenvalue weighted by molar-refractivity contribution is 5.65. The largest absolute Gasteiger partial charge is 0.465 e. The van der Waals surface area contributed by atoms with Gasteiger partial charge in [-0.05, 0) is 30.5 Å². The van der Waals surface area contributed by atoms with Crippen LogP contribution in [0.15, 0.2) is 12.3 Å². The van der Waals surface area contributed by atoms with Gasteiger partial charge in [-0.3, -0.25) is 4.98 Å². The first kappa shape index (κ1) is 8.99. The monoisotopic (exact) mass is 192 g/mol. The maximum absolute atomic E-state index is 10.7. The van der Waals surface area contributed by atoms with E-state index in [-0.39, 0.29) is 0 Å². The highest BCUT2D eigenvalue weighted by Gasteiger charge is 2.19. The molecule has 74 valence electrons. The summed E-state index contributed by atoms with van der Waals surface area (Å²) in [5, 5.41) is 8.82. The van der Waals surface area contributed by atoms with Gasteiger partial charge in [0.05, 0.1) is 6.54 Å². The van der Waals surface area contributed by atoms with E-state index in [0.717, 1.165) is 17.7 Å². The number of nitrogens with zero attached hydrogens (tertiary/aromatic N) is 2. The molecule has 14 heavy (non-hydrogen) atoms. The van der Waals surface area contributed by atoms with Gasteiger partial charge in [0.2, 0.25) is 0 Å². The first-order valence-corrected chi connectivity index (χ1v) is 4.59. The van der Waals surface area contributed by atoms with Crippen LogP contribution in [-0.2, 0) is 13.0 Å². The molecule has 1 aromatic rings. The highest BCUT2D eigenvalue weighted by atomic mass is 16.4. The van der Waals surface area contributed by atoms with Gasteiger partial charge < -0.3 is 10.0 Å². The SMILES string of the molecule is Cc1cc2c(cn1)CN(C(=O)O)CC2. The van der Waals surface area contributed by atoms with Crippen LogP contribution < -0.4 is 0 Å². The first-order valence-electron chi connectivity index (χ1n) is 4.59. The molecule has 0 saturated carbocycles. The van der Waals surface area contributed by atoms with Gasteiger partial charge in [0.1, 0.15) is 0 Å². The van der Waals surface area contributed by atoms with Crippen molar-refractivity contribution in [2.24, 2.45) is 0 Å². The van der Waals surface area contributed by atoms with Gasteiger partial charge in [0.15, 0.2) is 0 Å². The van der Waals surface area contributed by atoms with Gasteiger partial charge in [-0.2, -0.15) is 0 Å². The molecule has 2 rings (SSSR count). The van der Waals surface area contributed by atoms with Crippen molar-refractivity contribution in [3.63, 3.8) is 0 Å². The molecular weight excluding hydrogens is 180 g/mol. The maximum atomic E-state index is 10.7. The lowest BCUT2D eigenvalue weighted by molar-refractivity contribution is 0.140. The molecule has 0 spiro atoms. The van der Waals surface area contributed by atoms with E-state index in [1.54, 1.807) is 6.20 Å². The quantitative estimate of drug-likeness (QED) is 0.676. The fourth-order valence-electron chi connectivity index (χ4n) is 1.72. The normalized spacial score (nSPS) is 15.1. The van der Waals surface area contributed by atoms with Crippen molar-refractivity contribution in [3.05, 3.63) is 29.1 Å². The van der Waals surface area contributed by atoms with Crippen LogP contribution in [0.2, 0.25) is 0 Å². The first-order chi connectivity index (χ1) is 6.66. The smallest absolute Gasteiger partial charge is 0.407 e. The van der Waals surface area contributed by atoms with E-state index in [1.807, 2.05) is 13.0 Å². The van der Waals surface area contributed by atoms with Crippen molar-refractivity contribution in [1.82, 2.24) is 9.88 Å². The minimum absolute atomic E-state index is 0.470. The minimum atomic E-state index is -0.851. The van der Waals surface area contributed by atoms with Crippen LogP contribution >= 0.6 is 0 Å². The fourth-order valence-corrected chi connectivity index (χ4v) is 1.72. The molecule has 0 aromatic carbocycles. The molecule has 1 aromatic heterocycles. The van der Waals surface area contributed by atoms with Gasteiger partial charge >= 0.3 is 6.09 Å². The third-order valence-electron chi connectivity index (χ3n) is 2.50. The number of pyridine rings is 1. The zero-order valence-electron chi connectivity index (χ0n) is 8.03. The maximum Gasteiger partial charge on any atom is 0.407 e. The summed E-state index contributed by atoms with van der Waals surface area (Å²) in [5.41, 5.74) is 3.26. The van der Waals surface area contributed by atoms with Gasteiger partial charge in [-0.25, -0.2) is 4.79 Å². The second-order valence-electron chi connectivity index (χ2n) is 3.55. The van der Waals surface area contributed by atoms with Crippen LogP contribution in [0, 0.1) is 6.92 Å². The Morgan fingerprint density at radius 3 is 3.07 bits per heavy atom. The Morgan fingerprint density at radius 1 is 1.57 bits per heavy atom. The highest BCUT2D eigenvalue weighted by Crippen LogP contribution is 2.18. The molecule has 0 unspecified atom stereocenters. The van der Waals surface area contributed by atoms with Crippen LogP contribution in [0.5, 0.6) is 0 Å². The molecule has 0 aliphatic carbocycles. The lowest BCUT2D eigenvalue weighted by atomic mass is 10.0. The Bertz CT molecular complexity index is 376. The number of amides is 1. The average Bonchev–Trinajstić information content (AvgIpc) is 2.16. The average molecular weight is 192 g/mol. The molecule has 1 aliphatic rings. The number of hydrogen-bond donors (Lipinski definition) is 1. The van der Waals surface area contributed by atoms with Crippen LogP contribution in [0.1, 0.15) is 16.8 Å². The number of hydrogen-bond acceptors (Lipinski definition) is 2. The molecular formula is C10H12N2O2. The standard InChI is InChI=1S/C10H12N2O2/c1-7-4-8-2-3-12(10(13)14)6-9(8)5-11-7/h4-5H,2-3,6H2,1H3,(H,13,14). The Hall–Kier alpha value is -1.58. The molecule has 1 aliphatic heterocycles. The predicted molar refractivity (Wildman–Crippen MR) is 51.1 cm³/mol. The minimum Gasteiger partial charge on any atom is -0.465 e. The van der Waals surface area contributed by atoms with Crippen molar-refractivity contribution < 1.29 is 9.90 Å². The summed E-state index contributed by atoms with van der Waals surface area (Å²) in [6.07, 6.45) is 1.72. The van der Waals surface area contributed by atoms with Gasteiger partial charge in [-0.1, -0.05) is 0 Å². The van der Waals surface area contributed by atoms with Crippen LogP contribution in [-0.4, -0.2) is 27.6 Å².